The number of hydrogen-bond acceptors (Lipinski definition) is 3. The number of nitrogens with two attached hydrogens (primary N) is 1. The van der Waals surface area contributed by atoms with Crippen molar-refractivity contribution >= 4 is 0 Å². The maximum absolute atomic E-state index is 6.34. The third-order valence-corrected chi connectivity index (χ3v) is 4.23. The predicted octanol–water partition coefficient (Wildman–Crippen LogP) is 2.58. The Balaban J connectivity index is 1.76. The van der Waals surface area contributed by atoms with Crippen molar-refractivity contribution in [2.45, 2.75) is 50.4 Å². The molecule has 2 N–H and O–H groups in total. The van der Waals surface area contributed by atoms with Gasteiger partial charge in [0, 0.05) is 0 Å². The first kappa shape index (κ1) is 12.0. The van der Waals surface area contributed by atoms with Crippen LogP contribution in [0.15, 0.2) is 18.2 Å². The van der Waals surface area contributed by atoms with E-state index < -0.39 is 0 Å². The van der Waals surface area contributed by atoms with Crippen LogP contribution in [0.2, 0.25) is 0 Å². The minimum absolute atomic E-state index is 0.0141. The fraction of sp³-hybridized carbons (Fsp3) is 0.600. The highest BCUT2D eigenvalue weighted by molar-refractivity contribution is 5.39. The SMILES string of the molecule is COc1ccc2c(c1)CCC(OC1CCC1)C2N. The van der Waals surface area contributed by atoms with Gasteiger partial charge in [-0.15, -0.1) is 0 Å². The van der Waals surface area contributed by atoms with E-state index in [-0.39, 0.29) is 12.1 Å². The predicted molar refractivity (Wildman–Crippen MR) is 70.8 cm³/mol. The largest absolute Gasteiger partial charge is 0.497 e. The maximum atomic E-state index is 6.34. The zero-order valence-corrected chi connectivity index (χ0v) is 10.9. The van der Waals surface area contributed by atoms with E-state index in [0.29, 0.717) is 6.10 Å². The van der Waals surface area contributed by atoms with Gasteiger partial charge in [-0.25, -0.2) is 0 Å². The topological polar surface area (TPSA) is 44.5 Å². The summed E-state index contributed by atoms with van der Waals surface area (Å²) in [6.07, 6.45) is 6.44. The summed E-state index contributed by atoms with van der Waals surface area (Å²) in [5.74, 6) is 0.916. The molecule has 0 spiro atoms. The van der Waals surface area contributed by atoms with E-state index in [0.717, 1.165) is 18.6 Å². The zero-order chi connectivity index (χ0) is 12.5. The molecule has 3 heteroatoms. The van der Waals surface area contributed by atoms with Crippen molar-refractivity contribution in [3.8, 4) is 5.75 Å². The summed E-state index contributed by atoms with van der Waals surface area (Å²) in [4.78, 5) is 0. The molecule has 0 amide bonds. The number of aryl methyl sites for hydroxylation is 1. The molecule has 0 aromatic heterocycles. The zero-order valence-electron chi connectivity index (χ0n) is 10.9. The first-order valence-corrected chi connectivity index (χ1v) is 6.86. The highest BCUT2D eigenvalue weighted by Crippen LogP contribution is 2.35. The molecule has 0 radical (unpaired) electrons. The van der Waals surface area contributed by atoms with Gasteiger partial charge < -0.3 is 15.2 Å². The normalized spacial score (nSPS) is 27.4. The van der Waals surface area contributed by atoms with Gasteiger partial charge in [-0.3, -0.25) is 0 Å². The van der Waals surface area contributed by atoms with Crippen molar-refractivity contribution in [1.29, 1.82) is 0 Å². The van der Waals surface area contributed by atoms with E-state index in [1.165, 1.54) is 30.4 Å². The minimum Gasteiger partial charge on any atom is -0.497 e. The van der Waals surface area contributed by atoms with Crippen LogP contribution in [0.5, 0.6) is 5.75 Å². The van der Waals surface area contributed by atoms with Gasteiger partial charge in [0.2, 0.25) is 0 Å². The van der Waals surface area contributed by atoms with E-state index in [1.54, 1.807) is 7.11 Å². The summed E-state index contributed by atoms with van der Waals surface area (Å²) < 4.78 is 11.4. The summed E-state index contributed by atoms with van der Waals surface area (Å²) in [6, 6.07) is 6.20. The summed E-state index contributed by atoms with van der Waals surface area (Å²) in [6.45, 7) is 0. The minimum atomic E-state index is 0.0141. The van der Waals surface area contributed by atoms with Crippen LogP contribution in [0.4, 0.5) is 0 Å². The number of fused-ring (bicyclic) bond motifs is 1. The molecule has 3 rings (SSSR count). The second kappa shape index (κ2) is 4.90. The molecule has 1 aromatic carbocycles. The van der Waals surface area contributed by atoms with Crippen LogP contribution in [0.1, 0.15) is 42.9 Å². The van der Waals surface area contributed by atoms with Crippen LogP contribution in [0.3, 0.4) is 0 Å². The molecular weight excluding hydrogens is 226 g/mol. The second-order valence-electron chi connectivity index (χ2n) is 5.36. The van der Waals surface area contributed by atoms with E-state index in [4.69, 9.17) is 15.2 Å². The molecule has 1 fully saturated rings. The number of hydrogen-bond donors (Lipinski definition) is 1. The third-order valence-electron chi connectivity index (χ3n) is 4.23. The summed E-state index contributed by atoms with van der Waals surface area (Å²) >= 11 is 0. The lowest BCUT2D eigenvalue weighted by Crippen LogP contribution is -2.38. The molecule has 0 heterocycles. The van der Waals surface area contributed by atoms with Crippen molar-refractivity contribution in [1.82, 2.24) is 0 Å². The Labute approximate surface area is 108 Å². The van der Waals surface area contributed by atoms with Crippen LogP contribution in [0.25, 0.3) is 0 Å². The molecule has 2 unspecified atom stereocenters. The Bertz CT molecular complexity index is 429. The van der Waals surface area contributed by atoms with Gasteiger partial charge in [0.1, 0.15) is 5.75 Å². The Morgan fingerprint density at radius 2 is 2.06 bits per heavy atom. The first-order chi connectivity index (χ1) is 8.78. The summed E-state index contributed by atoms with van der Waals surface area (Å²) in [7, 11) is 1.70. The fourth-order valence-corrected chi connectivity index (χ4v) is 2.84. The van der Waals surface area contributed by atoms with Crippen LogP contribution < -0.4 is 10.5 Å². The molecule has 1 aromatic rings. The van der Waals surface area contributed by atoms with Crippen molar-refractivity contribution in [2.75, 3.05) is 7.11 Å². The van der Waals surface area contributed by atoms with Gasteiger partial charge >= 0.3 is 0 Å². The van der Waals surface area contributed by atoms with Crippen molar-refractivity contribution in [3.05, 3.63) is 29.3 Å². The molecular formula is C15H21NO2. The lowest BCUT2D eigenvalue weighted by atomic mass is 9.85. The molecule has 3 nitrogen and oxygen atoms in total. The Morgan fingerprint density at radius 1 is 1.22 bits per heavy atom. The van der Waals surface area contributed by atoms with Crippen LogP contribution in [-0.2, 0) is 11.2 Å². The molecule has 2 atom stereocenters. The number of benzene rings is 1. The van der Waals surface area contributed by atoms with Crippen LogP contribution in [0, 0.1) is 0 Å². The lowest BCUT2D eigenvalue weighted by molar-refractivity contribution is -0.0674. The van der Waals surface area contributed by atoms with Gasteiger partial charge in [-0.05, 0) is 55.4 Å². The molecule has 18 heavy (non-hydrogen) atoms. The van der Waals surface area contributed by atoms with Gasteiger partial charge in [-0.1, -0.05) is 6.07 Å². The van der Waals surface area contributed by atoms with E-state index in [1.807, 2.05) is 6.07 Å². The Morgan fingerprint density at radius 3 is 2.72 bits per heavy atom. The van der Waals surface area contributed by atoms with E-state index in [2.05, 4.69) is 12.1 Å². The summed E-state index contributed by atoms with van der Waals surface area (Å²) in [5.41, 5.74) is 8.89. The third kappa shape index (κ3) is 2.13. The molecule has 1 saturated carbocycles. The maximum Gasteiger partial charge on any atom is 0.119 e. The average molecular weight is 247 g/mol. The average Bonchev–Trinajstić information content (AvgIpc) is 2.35. The summed E-state index contributed by atoms with van der Waals surface area (Å²) in [5, 5.41) is 0. The first-order valence-electron chi connectivity index (χ1n) is 6.86. The highest BCUT2D eigenvalue weighted by atomic mass is 16.5. The molecule has 98 valence electrons. The van der Waals surface area contributed by atoms with Gasteiger partial charge in [-0.2, -0.15) is 0 Å². The van der Waals surface area contributed by atoms with Crippen LogP contribution >= 0.6 is 0 Å². The lowest BCUT2D eigenvalue weighted by Gasteiger charge is -2.36. The number of methoxy groups -OCH3 is 1. The van der Waals surface area contributed by atoms with Gasteiger partial charge in [0.05, 0.1) is 25.4 Å². The van der Waals surface area contributed by atoms with Crippen LogP contribution in [-0.4, -0.2) is 19.3 Å². The fourth-order valence-electron chi connectivity index (χ4n) is 2.84. The molecule has 0 bridgehead atoms. The van der Waals surface area contributed by atoms with Crippen molar-refractivity contribution in [3.63, 3.8) is 0 Å². The smallest absolute Gasteiger partial charge is 0.119 e. The monoisotopic (exact) mass is 247 g/mol. The molecule has 2 aliphatic rings. The van der Waals surface area contributed by atoms with Gasteiger partial charge in [0.25, 0.3) is 0 Å². The van der Waals surface area contributed by atoms with Crippen molar-refractivity contribution in [2.24, 2.45) is 5.73 Å². The molecule has 2 aliphatic carbocycles. The van der Waals surface area contributed by atoms with E-state index >= 15 is 0 Å². The Kier molecular flexibility index (Phi) is 3.27. The number of rotatable bonds is 3. The number of ether oxygens (including phenoxy) is 2. The highest BCUT2D eigenvalue weighted by Gasteiger charge is 2.31. The molecule has 0 aliphatic heterocycles. The van der Waals surface area contributed by atoms with Crippen molar-refractivity contribution < 1.29 is 9.47 Å². The standard InChI is InChI=1S/C15H21NO2/c1-17-12-6-7-13-10(9-12)5-8-14(15(13)16)18-11-3-2-4-11/h6-7,9,11,14-15H,2-5,8,16H2,1H3. The molecule has 0 saturated heterocycles. The Hall–Kier alpha value is -1.06. The second-order valence-corrected chi connectivity index (χ2v) is 5.36. The van der Waals surface area contributed by atoms with Gasteiger partial charge in [0.15, 0.2) is 0 Å². The van der Waals surface area contributed by atoms with E-state index in [9.17, 15) is 0 Å². The quantitative estimate of drug-likeness (QED) is 0.893.